The number of hydrogen-bond donors (Lipinski definition) is 1. The van der Waals surface area contributed by atoms with Crippen LogP contribution in [0, 0.1) is 10.1 Å². The number of rotatable bonds is 2. The predicted octanol–water partition coefficient (Wildman–Crippen LogP) is 0.735. The number of carbonyl (C=O) groups is 3. The first kappa shape index (κ1) is 14.9. The summed E-state index contributed by atoms with van der Waals surface area (Å²) in [6.45, 7) is 1.07. The van der Waals surface area contributed by atoms with E-state index in [9.17, 15) is 24.5 Å². The van der Waals surface area contributed by atoms with Crippen molar-refractivity contribution in [3.63, 3.8) is 0 Å². The van der Waals surface area contributed by atoms with Crippen molar-refractivity contribution in [2.45, 2.75) is 13.0 Å². The number of hydrogen-bond acceptors (Lipinski definition) is 5. The van der Waals surface area contributed by atoms with Crippen LogP contribution >= 0.6 is 11.6 Å². The summed E-state index contributed by atoms with van der Waals surface area (Å²) in [5.41, 5.74) is -0.697. The third-order valence-corrected chi connectivity index (χ3v) is 3.31. The number of benzene rings is 1. The van der Waals surface area contributed by atoms with E-state index in [0.717, 1.165) is 17.0 Å². The van der Waals surface area contributed by atoms with Crippen molar-refractivity contribution < 1.29 is 19.3 Å². The lowest BCUT2D eigenvalue weighted by Crippen LogP contribution is -2.58. The Bertz CT molecular complexity index is 660. The predicted molar refractivity (Wildman–Crippen MR) is 71.8 cm³/mol. The van der Waals surface area contributed by atoms with E-state index in [2.05, 4.69) is 5.32 Å². The largest absolute Gasteiger partial charge is 0.317 e. The molecule has 3 amide bonds. The fourth-order valence-electron chi connectivity index (χ4n) is 1.96. The molecular formula is C12H10ClN3O5. The summed E-state index contributed by atoms with van der Waals surface area (Å²) in [6.07, 6.45) is 0. The molecule has 0 radical (unpaired) electrons. The minimum Gasteiger partial charge on any atom is -0.317 e. The van der Waals surface area contributed by atoms with Crippen molar-refractivity contribution in [3.05, 3.63) is 38.9 Å². The maximum atomic E-state index is 12.4. The van der Waals surface area contributed by atoms with Crippen LogP contribution in [0.2, 0.25) is 5.02 Å². The highest BCUT2D eigenvalue weighted by Gasteiger charge is 2.36. The van der Waals surface area contributed by atoms with Crippen molar-refractivity contribution in [3.8, 4) is 0 Å². The van der Waals surface area contributed by atoms with Gasteiger partial charge < -0.3 is 4.90 Å². The van der Waals surface area contributed by atoms with Gasteiger partial charge in [-0.1, -0.05) is 11.6 Å². The van der Waals surface area contributed by atoms with Gasteiger partial charge in [0.2, 0.25) is 11.8 Å². The highest BCUT2D eigenvalue weighted by molar-refractivity contribution is 6.31. The molecule has 1 aromatic rings. The zero-order valence-electron chi connectivity index (χ0n) is 10.8. The van der Waals surface area contributed by atoms with Crippen molar-refractivity contribution in [2.75, 3.05) is 6.54 Å². The van der Waals surface area contributed by atoms with E-state index in [-0.39, 0.29) is 17.1 Å². The molecule has 1 heterocycles. The smallest absolute Gasteiger partial charge is 0.282 e. The molecule has 1 atom stereocenters. The molecule has 0 aromatic heterocycles. The fourth-order valence-corrected chi connectivity index (χ4v) is 2.13. The van der Waals surface area contributed by atoms with Gasteiger partial charge in [-0.15, -0.1) is 0 Å². The molecule has 1 unspecified atom stereocenters. The minimum absolute atomic E-state index is 0.143. The molecule has 1 saturated heterocycles. The zero-order chi connectivity index (χ0) is 15.7. The second kappa shape index (κ2) is 5.49. The average molecular weight is 312 g/mol. The van der Waals surface area contributed by atoms with Gasteiger partial charge in [-0.25, -0.2) is 0 Å². The molecule has 1 aromatic carbocycles. The van der Waals surface area contributed by atoms with E-state index in [1.807, 2.05) is 0 Å². The van der Waals surface area contributed by atoms with Crippen LogP contribution in [0.3, 0.4) is 0 Å². The molecule has 2 rings (SSSR count). The molecule has 1 N–H and O–H groups in total. The van der Waals surface area contributed by atoms with Crippen molar-refractivity contribution in [1.29, 1.82) is 0 Å². The molecule has 9 heteroatoms. The third-order valence-electron chi connectivity index (χ3n) is 3.07. The topological polar surface area (TPSA) is 110 Å². The number of nitro benzene ring substituents is 1. The summed E-state index contributed by atoms with van der Waals surface area (Å²) >= 11 is 5.76. The highest BCUT2D eigenvalue weighted by Crippen LogP contribution is 2.25. The van der Waals surface area contributed by atoms with Crippen LogP contribution in [-0.4, -0.2) is 40.1 Å². The number of halogens is 1. The molecule has 110 valence electrons. The second-order valence-electron chi connectivity index (χ2n) is 4.44. The maximum Gasteiger partial charge on any atom is 0.282 e. The van der Waals surface area contributed by atoms with E-state index in [1.54, 1.807) is 0 Å². The normalized spacial score (nSPS) is 18.4. The lowest BCUT2D eigenvalue weighted by atomic mass is 10.1. The van der Waals surface area contributed by atoms with Crippen LogP contribution in [0.25, 0.3) is 0 Å². The number of imide groups is 1. The molecule has 0 aliphatic carbocycles. The molecule has 1 fully saturated rings. The van der Waals surface area contributed by atoms with Gasteiger partial charge >= 0.3 is 0 Å². The lowest BCUT2D eigenvalue weighted by molar-refractivity contribution is -0.385. The van der Waals surface area contributed by atoms with Gasteiger partial charge in [-0.3, -0.25) is 29.8 Å². The average Bonchev–Trinajstić information content (AvgIpc) is 2.41. The Labute approximate surface area is 123 Å². The standard InChI is InChI=1S/C12H10ClN3O5/c1-6-11(18)14-10(17)5-15(6)12(19)8-4-7(13)2-3-9(8)16(20)21/h2-4,6H,5H2,1H3,(H,14,17,18). The van der Waals surface area contributed by atoms with Gasteiger partial charge in [0, 0.05) is 11.1 Å². The summed E-state index contributed by atoms with van der Waals surface area (Å²) in [6, 6.07) is 2.62. The van der Waals surface area contributed by atoms with Crippen LogP contribution < -0.4 is 5.32 Å². The molecule has 8 nitrogen and oxygen atoms in total. The van der Waals surface area contributed by atoms with Gasteiger partial charge in [0.1, 0.15) is 18.2 Å². The van der Waals surface area contributed by atoms with Crippen molar-refractivity contribution in [2.24, 2.45) is 0 Å². The van der Waals surface area contributed by atoms with Crippen LogP contribution in [-0.2, 0) is 9.59 Å². The lowest BCUT2D eigenvalue weighted by Gasteiger charge is -2.31. The van der Waals surface area contributed by atoms with E-state index >= 15 is 0 Å². The van der Waals surface area contributed by atoms with E-state index in [4.69, 9.17) is 11.6 Å². The molecule has 1 aliphatic heterocycles. The number of nitrogens with zero attached hydrogens (tertiary/aromatic N) is 2. The molecule has 0 spiro atoms. The summed E-state index contributed by atoms with van der Waals surface area (Å²) in [4.78, 5) is 46.6. The quantitative estimate of drug-likeness (QED) is 0.492. The first-order valence-corrected chi connectivity index (χ1v) is 6.27. The Morgan fingerprint density at radius 2 is 2.14 bits per heavy atom. The van der Waals surface area contributed by atoms with Crippen LogP contribution in [0.15, 0.2) is 18.2 Å². The number of amides is 3. The van der Waals surface area contributed by atoms with Crippen LogP contribution in [0.5, 0.6) is 0 Å². The van der Waals surface area contributed by atoms with Gasteiger partial charge in [-0.2, -0.15) is 0 Å². The molecule has 1 aliphatic rings. The summed E-state index contributed by atoms with van der Waals surface area (Å²) in [5, 5.41) is 13.2. The number of carbonyl (C=O) groups excluding carboxylic acids is 3. The van der Waals surface area contributed by atoms with Crippen molar-refractivity contribution >= 4 is 35.0 Å². The van der Waals surface area contributed by atoms with Gasteiger partial charge in [0.15, 0.2) is 0 Å². The summed E-state index contributed by atoms with van der Waals surface area (Å²) in [7, 11) is 0. The first-order chi connectivity index (χ1) is 9.81. The Morgan fingerprint density at radius 1 is 1.48 bits per heavy atom. The maximum absolute atomic E-state index is 12.4. The minimum atomic E-state index is -0.909. The summed E-state index contributed by atoms with van der Waals surface area (Å²) < 4.78 is 0. The van der Waals surface area contributed by atoms with Crippen LogP contribution in [0.4, 0.5) is 5.69 Å². The molecule has 0 bridgehead atoms. The Kier molecular flexibility index (Phi) is 3.90. The fraction of sp³-hybridized carbons (Fsp3) is 0.250. The van der Waals surface area contributed by atoms with Crippen LogP contribution in [0.1, 0.15) is 17.3 Å². The third kappa shape index (κ3) is 2.84. The monoisotopic (exact) mass is 311 g/mol. The van der Waals surface area contributed by atoms with Gasteiger partial charge in [0.25, 0.3) is 11.6 Å². The second-order valence-corrected chi connectivity index (χ2v) is 4.88. The SMILES string of the molecule is CC1C(=O)NC(=O)CN1C(=O)c1cc(Cl)ccc1[N+](=O)[O-]. The van der Waals surface area contributed by atoms with Gasteiger partial charge in [0.05, 0.1) is 4.92 Å². The summed E-state index contributed by atoms with van der Waals surface area (Å²) in [5.74, 6) is -2.07. The first-order valence-electron chi connectivity index (χ1n) is 5.90. The Morgan fingerprint density at radius 3 is 2.76 bits per heavy atom. The zero-order valence-corrected chi connectivity index (χ0v) is 11.6. The highest BCUT2D eigenvalue weighted by atomic mass is 35.5. The Hall–Kier alpha value is -2.48. The molecule has 21 heavy (non-hydrogen) atoms. The molecular weight excluding hydrogens is 302 g/mol. The van der Waals surface area contributed by atoms with E-state index < -0.39 is 34.4 Å². The number of piperazine rings is 1. The van der Waals surface area contributed by atoms with Crippen molar-refractivity contribution in [1.82, 2.24) is 10.2 Å². The molecule has 0 saturated carbocycles. The van der Waals surface area contributed by atoms with E-state index in [0.29, 0.717) is 0 Å². The number of nitrogens with one attached hydrogen (secondary N) is 1. The van der Waals surface area contributed by atoms with E-state index in [1.165, 1.54) is 13.0 Å². The van der Waals surface area contributed by atoms with Gasteiger partial charge in [-0.05, 0) is 19.1 Å². The Balaban J connectivity index is 2.44. The number of nitro groups is 1.